The monoisotopic (exact) mass is 262 g/mol. The summed E-state index contributed by atoms with van der Waals surface area (Å²) in [4.78, 5) is 13.4. The molecule has 1 saturated carbocycles. The van der Waals surface area contributed by atoms with Gasteiger partial charge in [-0.2, -0.15) is 0 Å². The molecule has 0 bridgehead atoms. The number of carbonyl (C=O) groups is 1. The zero-order valence-electron chi connectivity index (χ0n) is 11.3. The first-order chi connectivity index (χ1) is 8.65. The Morgan fingerprint density at radius 3 is 2.94 bits per heavy atom. The maximum absolute atomic E-state index is 12.2. The SMILES string of the molecule is Cc1cccc(SCC(=O)C2CCCC(C)C2)c1. The lowest BCUT2D eigenvalue weighted by Gasteiger charge is -2.25. The van der Waals surface area contributed by atoms with Gasteiger partial charge in [0.15, 0.2) is 0 Å². The van der Waals surface area contributed by atoms with E-state index in [1.807, 2.05) is 0 Å². The van der Waals surface area contributed by atoms with Crippen molar-refractivity contribution in [3.05, 3.63) is 29.8 Å². The third-order valence-electron chi connectivity index (χ3n) is 3.76. The lowest BCUT2D eigenvalue weighted by molar-refractivity contribution is -0.121. The van der Waals surface area contributed by atoms with Crippen LogP contribution in [-0.2, 0) is 4.79 Å². The number of Topliss-reactive ketones (excluding diaryl/α,β-unsaturated/α-hetero) is 1. The van der Waals surface area contributed by atoms with E-state index < -0.39 is 0 Å². The summed E-state index contributed by atoms with van der Waals surface area (Å²) in [7, 11) is 0. The molecule has 1 aromatic carbocycles. The summed E-state index contributed by atoms with van der Waals surface area (Å²) in [5, 5.41) is 0. The smallest absolute Gasteiger partial charge is 0.146 e. The van der Waals surface area contributed by atoms with Crippen molar-refractivity contribution >= 4 is 17.5 Å². The normalized spacial score (nSPS) is 23.9. The number of aryl methyl sites for hydroxylation is 1. The zero-order valence-corrected chi connectivity index (χ0v) is 12.1. The number of hydrogen-bond acceptors (Lipinski definition) is 2. The van der Waals surface area contributed by atoms with E-state index in [0.29, 0.717) is 17.5 Å². The van der Waals surface area contributed by atoms with Crippen LogP contribution < -0.4 is 0 Å². The summed E-state index contributed by atoms with van der Waals surface area (Å²) in [6.07, 6.45) is 4.74. The van der Waals surface area contributed by atoms with Gasteiger partial charge in [-0.25, -0.2) is 0 Å². The molecule has 0 spiro atoms. The fourth-order valence-electron chi connectivity index (χ4n) is 2.70. The van der Waals surface area contributed by atoms with Gasteiger partial charge in [-0.05, 0) is 37.8 Å². The number of rotatable bonds is 4. The van der Waals surface area contributed by atoms with Gasteiger partial charge in [0.05, 0.1) is 5.75 Å². The predicted molar refractivity (Wildman–Crippen MR) is 78.0 cm³/mol. The summed E-state index contributed by atoms with van der Waals surface area (Å²) in [6.45, 7) is 4.36. The van der Waals surface area contributed by atoms with Crippen molar-refractivity contribution in [2.75, 3.05) is 5.75 Å². The Labute approximate surface area is 114 Å². The molecule has 98 valence electrons. The predicted octanol–water partition coefficient (Wildman–Crippen LogP) is 4.48. The third-order valence-corrected chi connectivity index (χ3v) is 4.78. The van der Waals surface area contributed by atoms with Crippen molar-refractivity contribution in [1.29, 1.82) is 0 Å². The molecule has 1 fully saturated rings. The lowest BCUT2D eigenvalue weighted by Crippen LogP contribution is -2.23. The van der Waals surface area contributed by atoms with Crippen molar-refractivity contribution in [2.45, 2.75) is 44.4 Å². The van der Waals surface area contributed by atoms with Gasteiger partial charge in [0.1, 0.15) is 5.78 Å². The zero-order chi connectivity index (χ0) is 13.0. The molecule has 0 radical (unpaired) electrons. The third kappa shape index (κ3) is 3.88. The molecule has 2 heteroatoms. The van der Waals surface area contributed by atoms with Crippen LogP contribution in [0.2, 0.25) is 0 Å². The van der Waals surface area contributed by atoms with Gasteiger partial charge < -0.3 is 0 Å². The maximum atomic E-state index is 12.2. The number of benzene rings is 1. The van der Waals surface area contributed by atoms with Crippen LogP contribution in [-0.4, -0.2) is 11.5 Å². The van der Waals surface area contributed by atoms with Crippen LogP contribution >= 0.6 is 11.8 Å². The summed E-state index contributed by atoms with van der Waals surface area (Å²) < 4.78 is 0. The van der Waals surface area contributed by atoms with Gasteiger partial charge in [0, 0.05) is 10.8 Å². The molecule has 0 amide bonds. The molecular weight excluding hydrogens is 240 g/mol. The van der Waals surface area contributed by atoms with Gasteiger partial charge >= 0.3 is 0 Å². The van der Waals surface area contributed by atoms with Crippen LogP contribution in [0.15, 0.2) is 29.2 Å². The van der Waals surface area contributed by atoms with Crippen molar-refractivity contribution in [3.8, 4) is 0 Å². The van der Waals surface area contributed by atoms with Crippen molar-refractivity contribution < 1.29 is 4.79 Å². The molecule has 18 heavy (non-hydrogen) atoms. The second-order valence-corrected chi connectivity index (χ2v) is 6.59. The average molecular weight is 262 g/mol. The Morgan fingerprint density at radius 2 is 2.22 bits per heavy atom. The van der Waals surface area contributed by atoms with Crippen molar-refractivity contribution in [2.24, 2.45) is 11.8 Å². The molecule has 0 aliphatic heterocycles. The molecule has 1 aliphatic rings. The van der Waals surface area contributed by atoms with Crippen LogP contribution in [0.5, 0.6) is 0 Å². The maximum Gasteiger partial charge on any atom is 0.146 e. The van der Waals surface area contributed by atoms with Gasteiger partial charge in [-0.3, -0.25) is 4.79 Å². The van der Waals surface area contributed by atoms with Crippen molar-refractivity contribution in [1.82, 2.24) is 0 Å². The minimum Gasteiger partial charge on any atom is -0.298 e. The summed E-state index contributed by atoms with van der Waals surface area (Å²) >= 11 is 1.69. The van der Waals surface area contributed by atoms with Gasteiger partial charge in [-0.1, -0.05) is 37.5 Å². The molecule has 1 aromatic rings. The molecule has 2 rings (SSSR count). The molecule has 1 nitrogen and oxygen atoms in total. The second-order valence-electron chi connectivity index (χ2n) is 5.54. The van der Waals surface area contributed by atoms with E-state index >= 15 is 0 Å². The Hall–Kier alpha value is -0.760. The van der Waals surface area contributed by atoms with Crippen LogP contribution in [0.3, 0.4) is 0 Å². The highest BCUT2D eigenvalue weighted by atomic mass is 32.2. The molecular formula is C16H22OS. The second kappa shape index (κ2) is 6.42. The largest absolute Gasteiger partial charge is 0.298 e. The Morgan fingerprint density at radius 1 is 1.39 bits per heavy atom. The minimum absolute atomic E-state index is 0.325. The Kier molecular flexibility index (Phi) is 4.87. The van der Waals surface area contributed by atoms with Crippen LogP contribution in [0.4, 0.5) is 0 Å². The minimum atomic E-state index is 0.325. The number of carbonyl (C=O) groups excluding carboxylic acids is 1. The van der Waals surface area contributed by atoms with E-state index in [-0.39, 0.29) is 0 Å². The van der Waals surface area contributed by atoms with E-state index in [9.17, 15) is 4.79 Å². The topological polar surface area (TPSA) is 17.1 Å². The first-order valence-corrected chi connectivity index (χ1v) is 7.86. The average Bonchev–Trinajstić information content (AvgIpc) is 2.36. The first-order valence-electron chi connectivity index (χ1n) is 6.87. The van der Waals surface area contributed by atoms with Gasteiger partial charge in [0.2, 0.25) is 0 Å². The van der Waals surface area contributed by atoms with Crippen LogP contribution in [0, 0.1) is 18.8 Å². The molecule has 2 atom stereocenters. The molecule has 1 aliphatic carbocycles. The number of hydrogen-bond donors (Lipinski definition) is 0. The summed E-state index contributed by atoms with van der Waals surface area (Å²) in [5.74, 6) is 2.15. The van der Waals surface area contributed by atoms with Gasteiger partial charge in [-0.15, -0.1) is 11.8 Å². The molecule has 0 N–H and O–H groups in total. The fourth-order valence-corrected chi connectivity index (χ4v) is 3.69. The Bertz CT molecular complexity index is 413. The molecule has 2 unspecified atom stereocenters. The molecule has 0 saturated heterocycles. The number of thioether (sulfide) groups is 1. The first kappa shape index (κ1) is 13.7. The Balaban J connectivity index is 1.84. The quantitative estimate of drug-likeness (QED) is 0.744. The van der Waals surface area contributed by atoms with Crippen LogP contribution in [0.25, 0.3) is 0 Å². The van der Waals surface area contributed by atoms with E-state index in [1.165, 1.54) is 23.3 Å². The van der Waals surface area contributed by atoms with E-state index in [0.717, 1.165) is 18.8 Å². The fraction of sp³-hybridized carbons (Fsp3) is 0.562. The van der Waals surface area contributed by atoms with Gasteiger partial charge in [0.25, 0.3) is 0 Å². The standard InChI is InChI=1S/C16H22OS/c1-12-5-3-7-14(9-12)16(17)11-18-15-8-4-6-13(2)10-15/h4,6,8,10,12,14H,3,5,7,9,11H2,1-2H3. The van der Waals surface area contributed by atoms with Crippen LogP contribution in [0.1, 0.15) is 38.2 Å². The summed E-state index contributed by atoms with van der Waals surface area (Å²) in [5.41, 5.74) is 1.26. The highest BCUT2D eigenvalue weighted by Crippen LogP contribution is 2.30. The summed E-state index contributed by atoms with van der Waals surface area (Å²) in [6, 6.07) is 8.40. The highest BCUT2D eigenvalue weighted by molar-refractivity contribution is 8.00. The van der Waals surface area contributed by atoms with E-state index in [2.05, 4.69) is 38.1 Å². The van der Waals surface area contributed by atoms with E-state index in [1.54, 1.807) is 11.8 Å². The highest BCUT2D eigenvalue weighted by Gasteiger charge is 2.24. The molecule has 0 aromatic heterocycles. The lowest BCUT2D eigenvalue weighted by atomic mass is 9.81. The number of ketones is 1. The van der Waals surface area contributed by atoms with Crippen molar-refractivity contribution in [3.63, 3.8) is 0 Å². The molecule has 0 heterocycles. The van der Waals surface area contributed by atoms with E-state index in [4.69, 9.17) is 0 Å².